The van der Waals surface area contributed by atoms with E-state index in [9.17, 15) is 18.0 Å². The molecule has 3 aromatic carbocycles. The number of hydrogen-bond donors (Lipinski definition) is 1. The number of hydrogen-bond acceptors (Lipinski definition) is 4. The first-order valence-corrected chi connectivity index (χ1v) is 15.2. The van der Waals surface area contributed by atoms with Gasteiger partial charge in [0, 0.05) is 17.6 Å². The largest absolute Gasteiger partial charge is 0.352 e. The summed E-state index contributed by atoms with van der Waals surface area (Å²) >= 11 is 6.20. The van der Waals surface area contributed by atoms with Crippen molar-refractivity contribution >= 4 is 39.1 Å². The van der Waals surface area contributed by atoms with Gasteiger partial charge in [-0.3, -0.25) is 13.9 Å². The number of sulfonamides is 1. The number of aryl methyl sites for hydroxylation is 3. The van der Waals surface area contributed by atoms with Gasteiger partial charge in [-0.25, -0.2) is 8.42 Å². The number of rotatable bonds is 11. The third kappa shape index (κ3) is 7.64. The van der Waals surface area contributed by atoms with Gasteiger partial charge in [-0.2, -0.15) is 0 Å². The summed E-state index contributed by atoms with van der Waals surface area (Å²) in [6.45, 7) is 10.7. The second kappa shape index (κ2) is 13.3. The topological polar surface area (TPSA) is 86.8 Å². The Morgan fingerprint density at radius 1 is 0.925 bits per heavy atom. The standard InChI is InChI=1S/C31H38ClN3O4S/c1-7-24(5)33-31(37)25(6)34(19-26-9-8-10-27(32)18-26)30(36)20-35(29-16-13-22(3)17-23(29)4)40(38,39)28-14-11-21(2)12-15-28/h8-18,24-25H,7,19-20H2,1-6H3,(H,33,37)/t24-,25-/m1/s1. The molecular formula is C31H38ClN3O4S. The predicted molar refractivity (Wildman–Crippen MR) is 161 cm³/mol. The highest BCUT2D eigenvalue weighted by molar-refractivity contribution is 7.92. The van der Waals surface area contributed by atoms with Gasteiger partial charge in [0.2, 0.25) is 11.8 Å². The minimum Gasteiger partial charge on any atom is -0.352 e. The molecule has 0 heterocycles. The summed E-state index contributed by atoms with van der Waals surface area (Å²) in [6, 6.07) is 18.0. The third-order valence-corrected chi connectivity index (χ3v) is 8.93. The van der Waals surface area contributed by atoms with Gasteiger partial charge < -0.3 is 10.2 Å². The molecule has 9 heteroatoms. The van der Waals surface area contributed by atoms with E-state index in [0.717, 1.165) is 27.4 Å². The van der Waals surface area contributed by atoms with Crippen LogP contribution in [0.2, 0.25) is 5.02 Å². The molecule has 40 heavy (non-hydrogen) atoms. The maximum atomic E-state index is 14.0. The lowest BCUT2D eigenvalue weighted by Gasteiger charge is -2.33. The lowest BCUT2D eigenvalue weighted by molar-refractivity contribution is -0.139. The maximum Gasteiger partial charge on any atom is 0.264 e. The summed E-state index contributed by atoms with van der Waals surface area (Å²) in [6.07, 6.45) is 0.732. The van der Waals surface area contributed by atoms with E-state index in [1.165, 1.54) is 17.0 Å². The monoisotopic (exact) mass is 583 g/mol. The molecule has 0 saturated heterocycles. The Morgan fingerprint density at radius 2 is 1.57 bits per heavy atom. The average molecular weight is 584 g/mol. The molecule has 0 aliphatic heterocycles. The van der Waals surface area contributed by atoms with Crippen LogP contribution in [0.5, 0.6) is 0 Å². The minimum atomic E-state index is -4.12. The van der Waals surface area contributed by atoms with E-state index >= 15 is 0 Å². The molecule has 0 unspecified atom stereocenters. The second-order valence-electron chi connectivity index (χ2n) is 10.3. The van der Waals surface area contributed by atoms with E-state index in [1.807, 2.05) is 52.8 Å². The molecule has 0 radical (unpaired) electrons. The van der Waals surface area contributed by atoms with Gasteiger partial charge in [0.25, 0.3) is 10.0 Å². The summed E-state index contributed by atoms with van der Waals surface area (Å²) in [4.78, 5) is 28.7. The van der Waals surface area contributed by atoms with Gasteiger partial charge in [0.05, 0.1) is 10.6 Å². The summed E-state index contributed by atoms with van der Waals surface area (Å²) in [5.41, 5.74) is 3.73. The van der Waals surface area contributed by atoms with Crippen LogP contribution in [0.3, 0.4) is 0 Å². The van der Waals surface area contributed by atoms with Crippen molar-refractivity contribution in [3.8, 4) is 0 Å². The quantitative estimate of drug-likeness (QED) is 0.309. The predicted octanol–water partition coefficient (Wildman–Crippen LogP) is 5.79. The van der Waals surface area contributed by atoms with Crippen LogP contribution in [0.1, 0.15) is 49.4 Å². The highest BCUT2D eigenvalue weighted by Gasteiger charge is 2.33. The number of carbonyl (C=O) groups excluding carboxylic acids is 2. The molecule has 214 valence electrons. The van der Waals surface area contributed by atoms with Crippen LogP contribution < -0.4 is 9.62 Å². The van der Waals surface area contributed by atoms with E-state index in [-0.39, 0.29) is 23.4 Å². The Balaban J connectivity index is 2.06. The molecule has 0 fully saturated rings. The fraction of sp³-hybridized carbons (Fsp3) is 0.355. The van der Waals surface area contributed by atoms with Gasteiger partial charge in [0.15, 0.2) is 0 Å². The third-order valence-electron chi connectivity index (χ3n) is 6.92. The van der Waals surface area contributed by atoms with Crippen LogP contribution in [-0.2, 0) is 26.2 Å². The van der Waals surface area contributed by atoms with Crippen molar-refractivity contribution in [2.24, 2.45) is 0 Å². The normalized spacial score (nSPS) is 12.9. The molecule has 2 atom stereocenters. The molecule has 0 aliphatic rings. The number of halogens is 1. The van der Waals surface area contributed by atoms with Crippen molar-refractivity contribution < 1.29 is 18.0 Å². The number of anilines is 1. The maximum absolute atomic E-state index is 14.0. The van der Waals surface area contributed by atoms with Crippen molar-refractivity contribution in [1.82, 2.24) is 10.2 Å². The molecule has 0 aromatic heterocycles. The second-order valence-corrected chi connectivity index (χ2v) is 12.6. The van der Waals surface area contributed by atoms with E-state index in [0.29, 0.717) is 16.3 Å². The van der Waals surface area contributed by atoms with Gasteiger partial charge in [-0.1, -0.05) is 66.0 Å². The van der Waals surface area contributed by atoms with Crippen LogP contribution in [0.4, 0.5) is 5.69 Å². The first-order chi connectivity index (χ1) is 18.8. The number of nitrogens with one attached hydrogen (secondary N) is 1. The van der Waals surface area contributed by atoms with Gasteiger partial charge in [-0.15, -0.1) is 0 Å². The van der Waals surface area contributed by atoms with Crippen molar-refractivity contribution in [3.05, 3.63) is 94.0 Å². The number of benzene rings is 3. The summed E-state index contributed by atoms with van der Waals surface area (Å²) in [5.74, 6) is -0.827. The Hall–Kier alpha value is -3.36. The molecule has 3 aromatic rings. The first-order valence-electron chi connectivity index (χ1n) is 13.3. The lowest BCUT2D eigenvalue weighted by atomic mass is 10.1. The first kappa shape index (κ1) is 31.2. The highest BCUT2D eigenvalue weighted by atomic mass is 35.5. The molecular weight excluding hydrogens is 546 g/mol. The van der Waals surface area contributed by atoms with Crippen molar-refractivity contribution in [1.29, 1.82) is 0 Å². The molecule has 1 N–H and O–H groups in total. The smallest absolute Gasteiger partial charge is 0.264 e. The Morgan fingerprint density at radius 3 is 2.17 bits per heavy atom. The molecule has 7 nitrogen and oxygen atoms in total. The molecule has 2 amide bonds. The number of amides is 2. The Kier molecular flexibility index (Phi) is 10.4. The summed E-state index contributed by atoms with van der Waals surface area (Å²) < 4.78 is 29.1. The fourth-order valence-electron chi connectivity index (χ4n) is 4.32. The highest BCUT2D eigenvalue weighted by Crippen LogP contribution is 2.28. The van der Waals surface area contributed by atoms with Crippen LogP contribution in [0.25, 0.3) is 0 Å². The number of carbonyl (C=O) groups is 2. The molecule has 3 rings (SSSR count). The van der Waals surface area contributed by atoms with E-state index < -0.39 is 28.5 Å². The SMILES string of the molecule is CC[C@@H](C)NC(=O)[C@@H](C)N(Cc1cccc(Cl)c1)C(=O)CN(c1ccc(C)cc1C)S(=O)(=O)c1ccc(C)cc1. The number of nitrogens with zero attached hydrogens (tertiary/aromatic N) is 2. The molecule has 0 bridgehead atoms. The molecule has 0 spiro atoms. The zero-order valence-corrected chi connectivity index (χ0v) is 25.5. The molecule has 0 aliphatic carbocycles. The molecule has 0 saturated carbocycles. The van der Waals surface area contributed by atoms with E-state index in [2.05, 4.69) is 5.32 Å². The Bertz CT molecular complexity index is 1460. The van der Waals surface area contributed by atoms with Crippen LogP contribution in [0.15, 0.2) is 71.6 Å². The van der Waals surface area contributed by atoms with Crippen molar-refractivity contribution in [3.63, 3.8) is 0 Å². The van der Waals surface area contributed by atoms with Crippen LogP contribution >= 0.6 is 11.6 Å². The van der Waals surface area contributed by atoms with Gasteiger partial charge in [0.1, 0.15) is 12.6 Å². The average Bonchev–Trinajstić information content (AvgIpc) is 2.90. The van der Waals surface area contributed by atoms with Crippen LogP contribution in [-0.4, -0.2) is 43.8 Å². The summed E-state index contributed by atoms with van der Waals surface area (Å²) in [7, 11) is -4.12. The van der Waals surface area contributed by atoms with Crippen molar-refractivity contribution in [2.75, 3.05) is 10.8 Å². The minimum absolute atomic E-state index is 0.0771. The van der Waals surface area contributed by atoms with Gasteiger partial charge >= 0.3 is 0 Å². The van der Waals surface area contributed by atoms with E-state index in [4.69, 9.17) is 11.6 Å². The zero-order chi connectivity index (χ0) is 29.6. The van der Waals surface area contributed by atoms with Crippen molar-refractivity contribution in [2.45, 2.75) is 71.5 Å². The van der Waals surface area contributed by atoms with Crippen LogP contribution in [0, 0.1) is 20.8 Å². The van der Waals surface area contributed by atoms with E-state index in [1.54, 1.807) is 43.3 Å². The zero-order valence-electron chi connectivity index (χ0n) is 23.9. The summed E-state index contributed by atoms with van der Waals surface area (Å²) in [5, 5.41) is 3.43. The fourth-order valence-corrected chi connectivity index (χ4v) is 6.01. The van der Waals surface area contributed by atoms with Gasteiger partial charge in [-0.05, 0) is 82.5 Å². The Labute approximate surface area is 243 Å². The lowest BCUT2D eigenvalue weighted by Crippen LogP contribution is -2.52.